The summed E-state index contributed by atoms with van der Waals surface area (Å²) in [5.74, 6) is 0.877. The molecule has 0 amide bonds. The zero-order valence-corrected chi connectivity index (χ0v) is 9.90. The first-order chi connectivity index (χ1) is 8.24. The molecule has 2 heterocycles. The van der Waals surface area contributed by atoms with Crippen LogP contribution in [0.4, 0.5) is 0 Å². The van der Waals surface area contributed by atoms with Gasteiger partial charge in [-0.1, -0.05) is 6.07 Å². The van der Waals surface area contributed by atoms with E-state index in [1.54, 1.807) is 6.20 Å². The normalized spacial score (nSPS) is 10.9. The fraction of sp³-hybridized carbons (Fsp3) is 0.133. The predicted octanol–water partition coefficient (Wildman–Crippen LogP) is 4.11. The molecular weight excluding hydrogens is 210 g/mol. The lowest BCUT2D eigenvalue weighted by Crippen LogP contribution is -1.76. The third-order valence-electron chi connectivity index (χ3n) is 2.93. The molecule has 0 fully saturated rings. The van der Waals surface area contributed by atoms with E-state index in [4.69, 9.17) is 4.42 Å². The molecule has 0 radical (unpaired) electrons. The van der Waals surface area contributed by atoms with E-state index in [-0.39, 0.29) is 0 Å². The quantitative estimate of drug-likeness (QED) is 0.620. The van der Waals surface area contributed by atoms with Crippen molar-refractivity contribution < 1.29 is 4.42 Å². The summed E-state index contributed by atoms with van der Waals surface area (Å²) in [5, 5.41) is 1.18. The predicted molar refractivity (Wildman–Crippen MR) is 68.9 cm³/mol. The van der Waals surface area contributed by atoms with E-state index in [2.05, 4.69) is 37.0 Å². The number of benzene rings is 1. The number of rotatable bonds is 1. The third kappa shape index (κ3) is 1.72. The van der Waals surface area contributed by atoms with Crippen molar-refractivity contribution in [2.24, 2.45) is 0 Å². The maximum Gasteiger partial charge on any atom is 0.136 e. The summed E-state index contributed by atoms with van der Waals surface area (Å²) in [5.41, 5.74) is 4.43. The zero-order valence-electron chi connectivity index (χ0n) is 9.90. The molecule has 0 atom stereocenters. The molecule has 0 saturated carbocycles. The SMILES string of the molecule is Cc1cc(C)c2cc(-c3cccnc3)oc2c1. The van der Waals surface area contributed by atoms with Gasteiger partial charge in [-0.05, 0) is 49.2 Å². The Labute approximate surface area is 99.9 Å². The topological polar surface area (TPSA) is 26.0 Å². The van der Waals surface area contributed by atoms with Crippen LogP contribution in [-0.2, 0) is 0 Å². The molecule has 2 heteroatoms. The van der Waals surface area contributed by atoms with Crippen molar-refractivity contribution in [3.05, 3.63) is 53.9 Å². The Bertz CT molecular complexity index is 668. The lowest BCUT2D eigenvalue weighted by Gasteiger charge is -1.96. The second kappa shape index (κ2) is 3.74. The highest BCUT2D eigenvalue weighted by molar-refractivity contribution is 5.86. The minimum absolute atomic E-state index is 0.877. The second-order valence-corrected chi connectivity index (χ2v) is 4.35. The summed E-state index contributed by atoms with van der Waals surface area (Å²) in [7, 11) is 0. The van der Waals surface area contributed by atoms with Crippen molar-refractivity contribution in [3.63, 3.8) is 0 Å². The van der Waals surface area contributed by atoms with Crippen molar-refractivity contribution in [3.8, 4) is 11.3 Å². The molecule has 0 aliphatic heterocycles. The van der Waals surface area contributed by atoms with Gasteiger partial charge in [-0.3, -0.25) is 4.98 Å². The molecule has 0 spiro atoms. The summed E-state index contributed by atoms with van der Waals surface area (Å²) in [4.78, 5) is 4.11. The summed E-state index contributed by atoms with van der Waals surface area (Å²) >= 11 is 0. The Morgan fingerprint density at radius 3 is 2.76 bits per heavy atom. The highest BCUT2D eigenvalue weighted by atomic mass is 16.3. The van der Waals surface area contributed by atoms with Gasteiger partial charge in [-0.25, -0.2) is 0 Å². The highest BCUT2D eigenvalue weighted by Crippen LogP contribution is 2.29. The molecule has 17 heavy (non-hydrogen) atoms. The van der Waals surface area contributed by atoms with Gasteiger partial charge in [0.25, 0.3) is 0 Å². The molecule has 3 rings (SSSR count). The monoisotopic (exact) mass is 223 g/mol. The summed E-state index contributed by atoms with van der Waals surface area (Å²) < 4.78 is 5.88. The van der Waals surface area contributed by atoms with Gasteiger partial charge in [-0.2, -0.15) is 0 Å². The van der Waals surface area contributed by atoms with Crippen molar-refractivity contribution in [2.75, 3.05) is 0 Å². The molecule has 84 valence electrons. The first kappa shape index (κ1) is 10.1. The first-order valence-electron chi connectivity index (χ1n) is 5.65. The molecule has 0 aliphatic carbocycles. The van der Waals surface area contributed by atoms with Crippen LogP contribution in [0.1, 0.15) is 11.1 Å². The van der Waals surface area contributed by atoms with E-state index in [1.807, 2.05) is 18.3 Å². The molecule has 0 unspecified atom stereocenters. The van der Waals surface area contributed by atoms with E-state index in [1.165, 1.54) is 16.5 Å². The molecule has 0 bridgehead atoms. The van der Waals surface area contributed by atoms with E-state index >= 15 is 0 Å². The van der Waals surface area contributed by atoms with Crippen molar-refractivity contribution in [1.82, 2.24) is 4.98 Å². The number of hydrogen-bond acceptors (Lipinski definition) is 2. The molecule has 0 saturated heterocycles. The van der Waals surface area contributed by atoms with Gasteiger partial charge in [0.15, 0.2) is 0 Å². The highest BCUT2D eigenvalue weighted by Gasteiger charge is 2.08. The van der Waals surface area contributed by atoms with E-state index < -0.39 is 0 Å². The number of furan rings is 1. The molecular formula is C15H13NO. The molecule has 2 aromatic heterocycles. The summed E-state index contributed by atoms with van der Waals surface area (Å²) in [6, 6.07) is 10.3. The van der Waals surface area contributed by atoms with Crippen molar-refractivity contribution in [1.29, 1.82) is 0 Å². The van der Waals surface area contributed by atoms with Crippen molar-refractivity contribution >= 4 is 11.0 Å². The largest absolute Gasteiger partial charge is 0.456 e. The summed E-state index contributed by atoms with van der Waals surface area (Å²) in [6.07, 6.45) is 3.58. The number of aryl methyl sites for hydroxylation is 2. The standard InChI is InChI=1S/C15H13NO/c1-10-6-11(2)13-8-14(17-15(13)7-10)12-4-3-5-16-9-12/h3-9H,1-2H3. The van der Waals surface area contributed by atoms with Crippen LogP contribution >= 0.6 is 0 Å². The minimum atomic E-state index is 0.877. The molecule has 2 nitrogen and oxygen atoms in total. The van der Waals surface area contributed by atoms with Gasteiger partial charge in [0.2, 0.25) is 0 Å². The Morgan fingerprint density at radius 2 is 2.00 bits per heavy atom. The van der Waals surface area contributed by atoms with Gasteiger partial charge in [0, 0.05) is 23.3 Å². The first-order valence-corrected chi connectivity index (χ1v) is 5.65. The van der Waals surface area contributed by atoms with Gasteiger partial charge in [0.1, 0.15) is 11.3 Å². The van der Waals surface area contributed by atoms with Gasteiger partial charge >= 0.3 is 0 Å². The maximum atomic E-state index is 5.88. The van der Waals surface area contributed by atoms with E-state index in [0.717, 1.165) is 16.9 Å². The maximum absolute atomic E-state index is 5.88. The van der Waals surface area contributed by atoms with Crippen LogP contribution in [-0.4, -0.2) is 4.98 Å². The van der Waals surface area contributed by atoms with Gasteiger partial charge < -0.3 is 4.42 Å². The molecule has 0 N–H and O–H groups in total. The lowest BCUT2D eigenvalue weighted by atomic mass is 10.1. The average molecular weight is 223 g/mol. The van der Waals surface area contributed by atoms with E-state index in [9.17, 15) is 0 Å². The summed E-state index contributed by atoms with van der Waals surface area (Å²) in [6.45, 7) is 4.19. The Kier molecular flexibility index (Phi) is 2.22. The lowest BCUT2D eigenvalue weighted by molar-refractivity contribution is 0.631. The molecule has 0 aliphatic rings. The van der Waals surface area contributed by atoms with Crippen LogP contribution in [0.15, 0.2) is 47.1 Å². The number of nitrogens with zero attached hydrogens (tertiary/aromatic N) is 1. The van der Waals surface area contributed by atoms with Crippen LogP contribution in [0.25, 0.3) is 22.3 Å². The van der Waals surface area contributed by atoms with Crippen LogP contribution in [0.2, 0.25) is 0 Å². The van der Waals surface area contributed by atoms with Crippen LogP contribution < -0.4 is 0 Å². The molecule has 1 aromatic carbocycles. The number of pyridine rings is 1. The second-order valence-electron chi connectivity index (χ2n) is 4.35. The van der Waals surface area contributed by atoms with Crippen LogP contribution in [0.3, 0.4) is 0 Å². The fourth-order valence-corrected chi connectivity index (χ4v) is 2.14. The average Bonchev–Trinajstić information content (AvgIpc) is 2.74. The fourth-order valence-electron chi connectivity index (χ4n) is 2.14. The van der Waals surface area contributed by atoms with Gasteiger partial charge in [-0.15, -0.1) is 0 Å². The number of fused-ring (bicyclic) bond motifs is 1. The van der Waals surface area contributed by atoms with Crippen molar-refractivity contribution in [2.45, 2.75) is 13.8 Å². The number of hydrogen-bond donors (Lipinski definition) is 0. The van der Waals surface area contributed by atoms with Crippen LogP contribution in [0.5, 0.6) is 0 Å². The zero-order chi connectivity index (χ0) is 11.8. The number of aromatic nitrogens is 1. The van der Waals surface area contributed by atoms with Crippen LogP contribution in [0, 0.1) is 13.8 Å². The Hall–Kier alpha value is -2.09. The third-order valence-corrected chi connectivity index (χ3v) is 2.93. The van der Waals surface area contributed by atoms with E-state index in [0.29, 0.717) is 0 Å². The Balaban J connectivity index is 2.24. The Morgan fingerprint density at radius 1 is 1.12 bits per heavy atom. The van der Waals surface area contributed by atoms with Gasteiger partial charge in [0.05, 0.1) is 0 Å². The minimum Gasteiger partial charge on any atom is -0.456 e. The molecule has 3 aromatic rings. The smallest absolute Gasteiger partial charge is 0.136 e.